The van der Waals surface area contributed by atoms with Gasteiger partial charge in [-0.15, -0.1) is 0 Å². The highest BCUT2D eigenvalue weighted by molar-refractivity contribution is 4.82. The van der Waals surface area contributed by atoms with Gasteiger partial charge in [-0.2, -0.15) is 0 Å². The van der Waals surface area contributed by atoms with Crippen LogP contribution in [0.5, 0.6) is 0 Å². The van der Waals surface area contributed by atoms with Crippen molar-refractivity contribution in [2.45, 2.75) is 76.0 Å². The van der Waals surface area contributed by atoms with E-state index in [0.29, 0.717) is 18.2 Å². The summed E-state index contributed by atoms with van der Waals surface area (Å²) in [6.07, 6.45) is 13.1. The lowest BCUT2D eigenvalue weighted by atomic mass is 9.91. The third-order valence-electron chi connectivity index (χ3n) is 3.99. The minimum Gasteiger partial charge on any atom is -0.373 e. The number of nitrogens with one attached hydrogen (secondary N) is 1. The second-order valence-electron chi connectivity index (χ2n) is 5.11. The third kappa shape index (κ3) is 3.18. The Bertz CT molecular complexity index is 177. The van der Waals surface area contributed by atoms with Gasteiger partial charge >= 0.3 is 0 Å². The van der Waals surface area contributed by atoms with Gasteiger partial charge in [0.05, 0.1) is 12.2 Å². The lowest BCUT2D eigenvalue weighted by molar-refractivity contribution is -0.0590. The molecule has 0 aliphatic heterocycles. The maximum atomic E-state index is 6.27. The summed E-state index contributed by atoms with van der Waals surface area (Å²) in [6, 6.07) is 0.612. The quantitative estimate of drug-likeness (QED) is 0.775. The standard InChI is InChI=1S/C13H25NO/c1-14-12-9-5-6-10-13(12)15-11-7-3-2-4-8-11/h11-14H,2-10H2,1H3. The van der Waals surface area contributed by atoms with Crippen molar-refractivity contribution in [1.82, 2.24) is 5.32 Å². The van der Waals surface area contributed by atoms with Crippen LogP contribution in [0.15, 0.2) is 0 Å². The Morgan fingerprint density at radius 2 is 1.53 bits per heavy atom. The summed E-state index contributed by atoms with van der Waals surface area (Å²) >= 11 is 0. The summed E-state index contributed by atoms with van der Waals surface area (Å²) in [4.78, 5) is 0. The second kappa shape index (κ2) is 5.86. The van der Waals surface area contributed by atoms with Crippen molar-refractivity contribution in [3.8, 4) is 0 Å². The molecule has 0 heterocycles. The lowest BCUT2D eigenvalue weighted by Gasteiger charge is -2.35. The molecule has 0 amide bonds. The van der Waals surface area contributed by atoms with E-state index >= 15 is 0 Å². The average Bonchev–Trinajstić information content (AvgIpc) is 2.31. The lowest BCUT2D eigenvalue weighted by Crippen LogP contribution is -2.43. The molecule has 2 aliphatic carbocycles. The molecule has 0 saturated heterocycles. The molecule has 0 bridgehead atoms. The zero-order chi connectivity index (χ0) is 10.5. The van der Waals surface area contributed by atoms with E-state index in [1.165, 1.54) is 57.8 Å². The molecule has 0 aromatic rings. The van der Waals surface area contributed by atoms with Crippen molar-refractivity contribution in [3.63, 3.8) is 0 Å². The summed E-state index contributed by atoms with van der Waals surface area (Å²) in [5, 5.41) is 3.42. The first-order valence-electron chi connectivity index (χ1n) is 6.73. The van der Waals surface area contributed by atoms with Gasteiger partial charge in [-0.3, -0.25) is 0 Å². The molecule has 2 atom stereocenters. The van der Waals surface area contributed by atoms with E-state index in [1.54, 1.807) is 0 Å². The minimum atomic E-state index is 0.492. The predicted octanol–water partition coefficient (Wildman–Crippen LogP) is 2.87. The van der Waals surface area contributed by atoms with Gasteiger partial charge in [0.2, 0.25) is 0 Å². The fourth-order valence-corrected chi connectivity index (χ4v) is 3.04. The maximum Gasteiger partial charge on any atom is 0.0731 e. The Morgan fingerprint density at radius 3 is 2.27 bits per heavy atom. The number of rotatable bonds is 3. The number of hydrogen-bond donors (Lipinski definition) is 1. The first kappa shape index (κ1) is 11.4. The van der Waals surface area contributed by atoms with Crippen molar-refractivity contribution >= 4 is 0 Å². The summed E-state index contributed by atoms with van der Waals surface area (Å²) in [5.74, 6) is 0. The minimum absolute atomic E-state index is 0.492. The second-order valence-corrected chi connectivity index (χ2v) is 5.11. The van der Waals surface area contributed by atoms with Crippen LogP contribution >= 0.6 is 0 Å². The van der Waals surface area contributed by atoms with E-state index in [0.717, 1.165) is 0 Å². The van der Waals surface area contributed by atoms with Crippen molar-refractivity contribution in [2.24, 2.45) is 0 Å². The maximum absolute atomic E-state index is 6.27. The molecule has 0 aromatic carbocycles. The molecule has 88 valence electrons. The van der Waals surface area contributed by atoms with E-state index in [1.807, 2.05) is 0 Å². The van der Waals surface area contributed by atoms with E-state index in [2.05, 4.69) is 12.4 Å². The van der Waals surface area contributed by atoms with Crippen LogP contribution in [0.1, 0.15) is 57.8 Å². The van der Waals surface area contributed by atoms with Crippen LogP contribution in [-0.4, -0.2) is 25.3 Å². The van der Waals surface area contributed by atoms with E-state index in [4.69, 9.17) is 4.74 Å². The Labute approximate surface area is 93.8 Å². The molecule has 2 aliphatic rings. The Hall–Kier alpha value is -0.0800. The highest BCUT2D eigenvalue weighted by atomic mass is 16.5. The van der Waals surface area contributed by atoms with Gasteiger partial charge in [0.15, 0.2) is 0 Å². The van der Waals surface area contributed by atoms with Crippen molar-refractivity contribution in [3.05, 3.63) is 0 Å². The zero-order valence-electron chi connectivity index (χ0n) is 10.0. The van der Waals surface area contributed by atoms with E-state index in [-0.39, 0.29) is 0 Å². The fourth-order valence-electron chi connectivity index (χ4n) is 3.04. The van der Waals surface area contributed by atoms with Gasteiger partial charge in [0.1, 0.15) is 0 Å². The molecular formula is C13H25NO. The monoisotopic (exact) mass is 211 g/mol. The molecule has 2 saturated carbocycles. The van der Waals surface area contributed by atoms with Crippen molar-refractivity contribution in [1.29, 1.82) is 0 Å². The van der Waals surface area contributed by atoms with E-state index < -0.39 is 0 Å². The van der Waals surface area contributed by atoms with Gasteiger partial charge in [-0.25, -0.2) is 0 Å². The molecule has 2 unspecified atom stereocenters. The molecule has 2 fully saturated rings. The van der Waals surface area contributed by atoms with Crippen molar-refractivity contribution < 1.29 is 4.74 Å². The topological polar surface area (TPSA) is 21.3 Å². The highest BCUT2D eigenvalue weighted by Crippen LogP contribution is 2.27. The van der Waals surface area contributed by atoms with Crippen LogP contribution in [0.2, 0.25) is 0 Å². The van der Waals surface area contributed by atoms with Crippen molar-refractivity contribution in [2.75, 3.05) is 7.05 Å². The molecule has 1 N–H and O–H groups in total. The predicted molar refractivity (Wildman–Crippen MR) is 63.1 cm³/mol. The molecule has 0 spiro atoms. The van der Waals surface area contributed by atoms with Gasteiger partial charge in [-0.05, 0) is 32.7 Å². The van der Waals surface area contributed by atoms with Crippen LogP contribution in [0.4, 0.5) is 0 Å². The highest BCUT2D eigenvalue weighted by Gasteiger charge is 2.27. The fraction of sp³-hybridized carbons (Fsp3) is 1.00. The SMILES string of the molecule is CNC1CCCCC1OC1CCCCC1. The smallest absolute Gasteiger partial charge is 0.0731 e. The van der Waals surface area contributed by atoms with Crippen LogP contribution in [0, 0.1) is 0 Å². The molecule has 0 aromatic heterocycles. The van der Waals surface area contributed by atoms with Gasteiger partial charge in [0.25, 0.3) is 0 Å². The summed E-state index contributed by atoms with van der Waals surface area (Å²) < 4.78 is 6.27. The van der Waals surface area contributed by atoms with Crippen LogP contribution < -0.4 is 5.32 Å². The largest absolute Gasteiger partial charge is 0.373 e. The number of hydrogen-bond acceptors (Lipinski definition) is 2. The van der Waals surface area contributed by atoms with Crippen LogP contribution in [0.25, 0.3) is 0 Å². The number of ether oxygens (including phenoxy) is 1. The first-order valence-corrected chi connectivity index (χ1v) is 6.73. The Balaban J connectivity index is 1.79. The normalized spacial score (nSPS) is 34.2. The van der Waals surface area contributed by atoms with Gasteiger partial charge < -0.3 is 10.1 Å². The Kier molecular flexibility index (Phi) is 4.45. The third-order valence-corrected chi connectivity index (χ3v) is 3.99. The van der Waals surface area contributed by atoms with E-state index in [9.17, 15) is 0 Å². The molecule has 2 heteroatoms. The first-order chi connectivity index (χ1) is 7.40. The number of likely N-dealkylation sites (N-methyl/N-ethyl adjacent to an activating group) is 1. The molecule has 2 nitrogen and oxygen atoms in total. The van der Waals surface area contributed by atoms with Gasteiger partial charge in [-0.1, -0.05) is 32.1 Å². The van der Waals surface area contributed by atoms with Crippen LogP contribution in [-0.2, 0) is 4.74 Å². The molecule has 2 rings (SSSR count). The van der Waals surface area contributed by atoms with Gasteiger partial charge in [0, 0.05) is 6.04 Å². The summed E-state index contributed by atoms with van der Waals surface area (Å²) in [7, 11) is 2.08. The summed E-state index contributed by atoms with van der Waals surface area (Å²) in [6.45, 7) is 0. The zero-order valence-corrected chi connectivity index (χ0v) is 10.0. The molecule has 0 radical (unpaired) electrons. The van der Waals surface area contributed by atoms with Crippen LogP contribution in [0.3, 0.4) is 0 Å². The molecule has 15 heavy (non-hydrogen) atoms. The molecular weight excluding hydrogens is 186 g/mol. The Morgan fingerprint density at radius 1 is 0.867 bits per heavy atom. The summed E-state index contributed by atoms with van der Waals surface area (Å²) in [5.41, 5.74) is 0. The average molecular weight is 211 g/mol.